The molecule has 5 nitrogen and oxygen atoms in total. The molecule has 0 aliphatic heterocycles. The highest BCUT2D eigenvalue weighted by Gasteiger charge is 2.23. The highest BCUT2D eigenvalue weighted by atomic mass is 16.2. The lowest BCUT2D eigenvalue weighted by Gasteiger charge is -2.27. The summed E-state index contributed by atoms with van der Waals surface area (Å²) in [4.78, 5) is 18.4. The molecule has 104 valence electrons. The summed E-state index contributed by atoms with van der Waals surface area (Å²) in [5.41, 5.74) is 3.70. The van der Waals surface area contributed by atoms with Crippen LogP contribution in [0.25, 0.3) is 0 Å². The molecule has 3 N–H and O–H groups in total. The van der Waals surface area contributed by atoms with Crippen LogP contribution in [0.4, 0.5) is 5.69 Å². The van der Waals surface area contributed by atoms with Gasteiger partial charge in [0.25, 0.3) is 5.91 Å². The second-order valence-electron chi connectivity index (χ2n) is 5.13. The fourth-order valence-electron chi connectivity index (χ4n) is 2.70. The quantitative estimate of drug-likeness (QED) is 0.497. The molecule has 0 aromatic carbocycles. The summed E-state index contributed by atoms with van der Waals surface area (Å²) in [6.45, 7) is 0. The molecule has 1 aromatic rings. The standard InChI is InChI=1S/C14H22N4O/c1-18(11-6-4-2-3-5-7-11)14(19)12-8-9-16-10-13(12)17-15/h8-11,17H,2-7,15H2,1H3. The Balaban J connectivity index is 2.13. The first-order chi connectivity index (χ1) is 9.24. The number of nitrogen functional groups attached to an aromatic ring is 1. The Kier molecular flexibility index (Phi) is 4.74. The van der Waals surface area contributed by atoms with Crippen LogP contribution in [-0.2, 0) is 0 Å². The van der Waals surface area contributed by atoms with Crippen molar-refractivity contribution in [1.29, 1.82) is 0 Å². The second-order valence-corrected chi connectivity index (χ2v) is 5.13. The van der Waals surface area contributed by atoms with Gasteiger partial charge in [-0.15, -0.1) is 0 Å². The summed E-state index contributed by atoms with van der Waals surface area (Å²) in [5, 5.41) is 0. The molecule has 2 rings (SSSR count). The van der Waals surface area contributed by atoms with E-state index in [-0.39, 0.29) is 5.91 Å². The van der Waals surface area contributed by atoms with Crippen molar-refractivity contribution in [3.63, 3.8) is 0 Å². The molecule has 0 spiro atoms. The predicted molar refractivity (Wildman–Crippen MR) is 75.6 cm³/mol. The van der Waals surface area contributed by atoms with Crippen molar-refractivity contribution in [2.45, 2.75) is 44.6 Å². The normalized spacial score (nSPS) is 16.7. The minimum absolute atomic E-state index is 0.0160. The number of hydrogen-bond donors (Lipinski definition) is 2. The zero-order valence-electron chi connectivity index (χ0n) is 11.4. The minimum atomic E-state index is 0.0160. The van der Waals surface area contributed by atoms with Gasteiger partial charge in [0.1, 0.15) is 0 Å². The number of carbonyl (C=O) groups is 1. The van der Waals surface area contributed by atoms with E-state index in [0.29, 0.717) is 17.3 Å². The van der Waals surface area contributed by atoms with Gasteiger partial charge in [-0.1, -0.05) is 25.7 Å². The summed E-state index contributed by atoms with van der Waals surface area (Å²) in [6.07, 6.45) is 10.4. The fourth-order valence-corrected chi connectivity index (χ4v) is 2.70. The molecule has 0 atom stereocenters. The zero-order chi connectivity index (χ0) is 13.7. The van der Waals surface area contributed by atoms with E-state index >= 15 is 0 Å². The number of amides is 1. The van der Waals surface area contributed by atoms with Crippen LogP contribution in [0.1, 0.15) is 48.9 Å². The third-order valence-corrected chi connectivity index (χ3v) is 3.90. The number of nitrogens with one attached hydrogen (secondary N) is 1. The molecule has 0 saturated heterocycles. The molecule has 1 aliphatic carbocycles. The van der Waals surface area contributed by atoms with Crippen LogP contribution < -0.4 is 11.3 Å². The molecular weight excluding hydrogens is 240 g/mol. The van der Waals surface area contributed by atoms with Crippen molar-refractivity contribution in [3.8, 4) is 0 Å². The van der Waals surface area contributed by atoms with Crippen molar-refractivity contribution in [1.82, 2.24) is 9.88 Å². The minimum Gasteiger partial charge on any atom is -0.339 e. The Morgan fingerprint density at radius 1 is 1.37 bits per heavy atom. The number of anilines is 1. The molecule has 0 bridgehead atoms. The number of hydrogen-bond acceptors (Lipinski definition) is 4. The lowest BCUT2D eigenvalue weighted by atomic mass is 10.1. The van der Waals surface area contributed by atoms with Crippen molar-refractivity contribution in [3.05, 3.63) is 24.0 Å². The van der Waals surface area contributed by atoms with Crippen molar-refractivity contribution in [2.75, 3.05) is 12.5 Å². The van der Waals surface area contributed by atoms with E-state index in [9.17, 15) is 4.79 Å². The molecule has 1 aromatic heterocycles. The molecule has 0 unspecified atom stereocenters. The molecular formula is C14H22N4O. The van der Waals surface area contributed by atoms with Gasteiger partial charge in [0.2, 0.25) is 0 Å². The van der Waals surface area contributed by atoms with Gasteiger partial charge in [-0.25, -0.2) is 0 Å². The monoisotopic (exact) mass is 262 g/mol. The van der Waals surface area contributed by atoms with Crippen LogP contribution in [0.5, 0.6) is 0 Å². The van der Waals surface area contributed by atoms with Gasteiger partial charge in [-0.05, 0) is 18.9 Å². The zero-order valence-corrected chi connectivity index (χ0v) is 11.4. The highest BCUT2D eigenvalue weighted by molar-refractivity contribution is 5.99. The highest BCUT2D eigenvalue weighted by Crippen LogP contribution is 2.23. The van der Waals surface area contributed by atoms with Gasteiger partial charge in [0.15, 0.2) is 0 Å². The molecule has 1 amide bonds. The number of rotatable bonds is 3. The van der Waals surface area contributed by atoms with E-state index in [4.69, 9.17) is 5.84 Å². The van der Waals surface area contributed by atoms with Crippen LogP contribution in [0, 0.1) is 0 Å². The van der Waals surface area contributed by atoms with Gasteiger partial charge in [0, 0.05) is 19.3 Å². The average molecular weight is 262 g/mol. The number of carbonyl (C=O) groups excluding carboxylic acids is 1. The summed E-state index contributed by atoms with van der Waals surface area (Å²) in [5.74, 6) is 5.45. The molecule has 0 radical (unpaired) electrons. The molecule has 1 saturated carbocycles. The Bertz CT molecular complexity index is 427. The van der Waals surface area contributed by atoms with E-state index < -0.39 is 0 Å². The number of pyridine rings is 1. The van der Waals surface area contributed by atoms with Gasteiger partial charge >= 0.3 is 0 Å². The first kappa shape index (κ1) is 13.8. The maximum Gasteiger partial charge on any atom is 0.256 e. The Hall–Kier alpha value is -1.62. The van der Waals surface area contributed by atoms with Crippen molar-refractivity contribution < 1.29 is 4.79 Å². The van der Waals surface area contributed by atoms with Gasteiger partial charge in [-0.2, -0.15) is 0 Å². The summed E-state index contributed by atoms with van der Waals surface area (Å²) < 4.78 is 0. The fraction of sp³-hybridized carbons (Fsp3) is 0.571. The first-order valence-electron chi connectivity index (χ1n) is 6.92. The smallest absolute Gasteiger partial charge is 0.256 e. The predicted octanol–water partition coefficient (Wildman–Crippen LogP) is 2.16. The van der Waals surface area contributed by atoms with Crippen LogP contribution in [0.2, 0.25) is 0 Å². The number of nitrogens with two attached hydrogens (primary N) is 1. The molecule has 1 heterocycles. The van der Waals surface area contributed by atoms with Crippen LogP contribution >= 0.6 is 0 Å². The van der Waals surface area contributed by atoms with Gasteiger partial charge < -0.3 is 10.3 Å². The molecule has 19 heavy (non-hydrogen) atoms. The Labute approximate surface area is 114 Å². The van der Waals surface area contributed by atoms with E-state index in [0.717, 1.165) is 12.8 Å². The lowest BCUT2D eigenvalue weighted by molar-refractivity contribution is 0.0718. The maximum atomic E-state index is 12.5. The summed E-state index contributed by atoms with van der Waals surface area (Å²) in [7, 11) is 1.89. The molecule has 1 fully saturated rings. The Morgan fingerprint density at radius 3 is 2.68 bits per heavy atom. The Morgan fingerprint density at radius 2 is 2.05 bits per heavy atom. The second kappa shape index (κ2) is 6.52. The largest absolute Gasteiger partial charge is 0.339 e. The third kappa shape index (κ3) is 3.23. The SMILES string of the molecule is CN(C(=O)c1ccncc1NN)C1CCCCCC1. The topological polar surface area (TPSA) is 71.2 Å². The van der Waals surface area contributed by atoms with E-state index in [1.165, 1.54) is 25.7 Å². The maximum absolute atomic E-state index is 12.5. The summed E-state index contributed by atoms with van der Waals surface area (Å²) in [6, 6.07) is 2.05. The number of aromatic nitrogens is 1. The number of hydrazine groups is 1. The van der Waals surface area contributed by atoms with Crippen LogP contribution in [0.15, 0.2) is 18.5 Å². The third-order valence-electron chi connectivity index (χ3n) is 3.90. The average Bonchev–Trinajstić information content (AvgIpc) is 2.74. The van der Waals surface area contributed by atoms with Crippen molar-refractivity contribution >= 4 is 11.6 Å². The summed E-state index contributed by atoms with van der Waals surface area (Å²) >= 11 is 0. The first-order valence-corrected chi connectivity index (χ1v) is 6.92. The van der Waals surface area contributed by atoms with E-state index in [1.807, 2.05) is 11.9 Å². The lowest BCUT2D eigenvalue weighted by Crippen LogP contribution is -2.37. The van der Waals surface area contributed by atoms with Crippen LogP contribution in [-0.4, -0.2) is 28.9 Å². The molecule has 5 heteroatoms. The van der Waals surface area contributed by atoms with E-state index in [2.05, 4.69) is 10.4 Å². The van der Waals surface area contributed by atoms with Gasteiger partial charge in [-0.3, -0.25) is 15.6 Å². The van der Waals surface area contributed by atoms with Gasteiger partial charge in [0.05, 0.1) is 17.4 Å². The number of nitrogens with zero attached hydrogens (tertiary/aromatic N) is 2. The van der Waals surface area contributed by atoms with Crippen LogP contribution in [0.3, 0.4) is 0 Å². The van der Waals surface area contributed by atoms with E-state index in [1.54, 1.807) is 18.5 Å². The molecule has 1 aliphatic rings. The van der Waals surface area contributed by atoms with Crippen molar-refractivity contribution in [2.24, 2.45) is 5.84 Å².